The van der Waals surface area contributed by atoms with Crippen LogP contribution >= 0.6 is 0 Å². The summed E-state index contributed by atoms with van der Waals surface area (Å²) >= 11 is 0. The van der Waals surface area contributed by atoms with Gasteiger partial charge in [0.15, 0.2) is 0 Å². The number of hydrogen-bond donors (Lipinski definition) is 1. The van der Waals surface area contributed by atoms with E-state index in [2.05, 4.69) is 13.7 Å². The zero-order chi connectivity index (χ0) is 19.7. The normalized spacial score (nSPS) is 10.1. The molecule has 1 N–H and O–H groups in total. The van der Waals surface area contributed by atoms with Gasteiger partial charge in [-0.05, 0) is 48.5 Å². The number of carbonyl (C=O) groups excluding carboxylic acids is 2. The first-order valence-electron chi connectivity index (χ1n) is 7.11. The molecule has 0 fully saturated rings. The number of benzene rings is 2. The van der Waals surface area contributed by atoms with E-state index in [1.165, 1.54) is 62.8 Å². The largest absolute Gasteiger partial charge is 0.508 e. The van der Waals surface area contributed by atoms with Gasteiger partial charge in [-0.1, -0.05) is 0 Å². The molecule has 0 amide bonds. The van der Waals surface area contributed by atoms with E-state index in [1.54, 1.807) is 0 Å². The lowest BCUT2D eigenvalue weighted by atomic mass is 10.2. The summed E-state index contributed by atoms with van der Waals surface area (Å²) in [5, 5.41) is 8.86. The molecule has 0 heterocycles. The van der Waals surface area contributed by atoms with Crippen molar-refractivity contribution in [1.82, 2.24) is 0 Å². The van der Waals surface area contributed by atoms with Crippen LogP contribution in [0.3, 0.4) is 0 Å². The number of phenolic OH excluding ortho intramolecular Hbond substituents is 1. The zero-order valence-electron chi connectivity index (χ0n) is 14.3. The minimum atomic E-state index is -3.53. The van der Waals surface area contributed by atoms with Gasteiger partial charge in [0, 0.05) is 0 Å². The van der Waals surface area contributed by atoms with Gasteiger partial charge in [0.25, 0.3) is 0 Å². The molecule has 8 nitrogen and oxygen atoms in total. The molecule has 140 valence electrons. The van der Waals surface area contributed by atoms with Crippen molar-refractivity contribution < 1.29 is 36.8 Å². The van der Waals surface area contributed by atoms with Crippen LogP contribution in [0, 0.1) is 0 Å². The highest BCUT2D eigenvalue weighted by Gasteiger charge is 2.07. The SMILES string of the molecule is COC(=O)c1ccc(O)cc1.COC(=O)c1ccc(OS(C)(=O)=O)cc1. The molecular weight excluding hydrogens is 364 g/mol. The Balaban J connectivity index is 0.000000273. The zero-order valence-corrected chi connectivity index (χ0v) is 15.1. The summed E-state index contributed by atoms with van der Waals surface area (Å²) in [6.07, 6.45) is 0.946. The van der Waals surface area contributed by atoms with Gasteiger partial charge in [-0.3, -0.25) is 0 Å². The summed E-state index contributed by atoms with van der Waals surface area (Å²) in [6, 6.07) is 11.5. The van der Waals surface area contributed by atoms with Crippen molar-refractivity contribution in [2.75, 3.05) is 20.5 Å². The molecule has 0 bridgehead atoms. The summed E-state index contributed by atoms with van der Waals surface area (Å²) < 4.78 is 35.0. The second-order valence-electron chi connectivity index (χ2n) is 4.84. The molecule has 0 saturated carbocycles. The average Bonchev–Trinajstić information content (AvgIpc) is 2.61. The summed E-state index contributed by atoms with van der Waals surface area (Å²) in [5.41, 5.74) is 0.767. The minimum Gasteiger partial charge on any atom is -0.508 e. The molecule has 0 saturated heterocycles. The summed E-state index contributed by atoms with van der Waals surface area (Å²) in [7, 11) is -0.950. The fourth-order valence-electron chi connectivity index (χ4n) is 1.65. The lowest BCUT2D eigenvalue weighted by Crippen LogP contribution is -2.06. The third-order valence-electron chi connectivity index (χ3n) is 2.81. The maximum atomic E-state index is 11.0. The second-order valence-corrected chi connectivity index (χ2v) is 6.42. The van der Waals surface area contributed by atoms with Gasteiger partial charge in [0.2, 0.25) is 0 Å². The maximum Gasteiger partial charge on any atom is 0.337 e. The van der Waals surface area contributed by atoms with Gasteiger partial charge >= 0.3 is 22.1 Å². The molecule has 0 aliphatic rings. The number of phenols is 1. The topological polar surface area (TPSA) is 116 Å². The molecule has 0 spiro atoms. The molecule has 2 rings (SSSR count). The van der Waals surface area contributed by atoms with Crippen molar-refractivity contribution in [2.24, 2.45) is 0 Å². The summed E-state index contributed by atoms with van der Waals surface area (Å²) in [4.78, 5) is 21.8. The van der Waals surface area contributed by atoms with Crippen molar-refractivity contribution in [1.29, 1.82) is 0 Å². The van der Waals surface area contributed by atoms with Crippen LogP contribution in [0.2, 0.25) is 0 Å². The number of rotatable bonds is 4. The predicted molar refractivity (Wildman–Crippen MR) is 92.7 cm³/mol. The minimum absolute atomic E-state index is 0.137. The lowest BCUT2D eigenvalue weighted by molar-refractivity contribution is 0.0592. The summed E-state index contributed by atoms with van der Waals surface area (Å²) in [5.74, 6) is -0.589. The Hall–Kier alpha value is -3.07. The highest BCUT2D eigenvalue weighted by molar-refractivity contribution is 7.86. The molecule has 0 unspecified atom stereocenters. The van der Waals surface area contributed by atoms with E-state index in [4.69, 9.17) is 5.11 Å². The van der Waals surface area contributed by atoms with E-state index >= 15 is 0 Å². The number of aromatic hydroxyl groups is 1. The van der Waals surface area contributed by atoms with Gasteiger partial charge in [-0.15, -0.1) is 0 Å². The number of ether oxygens (including phenoxy) is 2. The standard InChI is InChI=1S/C9H10O5S.C8H8O3/c1-13-9(10)7-3-5-8(6-4-7)14-15(2,11)12;1-11-8(10)6-2-4-7(9)5-3-6/h3-6H,1-2H3;2-5,9H,1H3. The molecular formula is C17H18O8S. The van der Waals surface area contributed by atoms with Gasteiger partial charge in [0.1, 0.15) is 11.5 Å². The van der Waals surface area contributed by atoms with Crippen LogP contribution in [0.15, 0.2) is 48.5 Å². The Morgan fingerprint density at radius 3 is 1.54 bits per heavy atom. The van der Waals surface area contributed by atoms with Crippen molar-refractivity contribution in [3.8, 4) is 11.5 Å². The van der Waals surface area contributed by atoms with Crippen LogP contribution in [-0.2, 0) is 19.6 Å². The first-order valence-corrected chi connectivity index (χ1v) is 8.93. The number of hydrogen-bond acceptors (Lipinski definition) is 8. The fourth-order valence-corrected chi connectivity index (χ4v) is 2.12. The van der Waals surface area contributed by atoms with E-state index in [9.17, 15) is 18.0 Å². The molecule has 26 heavy (non-hydrogen) atoms. The van der Waals surface area contributed by atoms with Crippen LogP contribution in [-0.4, -0.2) is 45.9 Å². The third kappa shape index (κ3) is 7.22. The van der Waals surface area contributed by atoms with E-state index < -0.39 is 22.1 Å². The monoisotopic (exact) mass is 382 g/mol. The Bertz CT molecular complexity index is 839. The Morgan fingerprint density at radius 1 is 0.808 bits per heavy atom. The highest BCUT2D eigenvalue weighted by Crippen LogP contribution is 2.14. The molecule has 0 radical (unpaired) electrons. The average molecular weight is 382 g/mol. The predicted octanol–water partition coefficient (Wildman–Crippen LogP) is 1.99. The van der Waals surface area contributed by atoms with Crippen molar-refractivity contribution in [2.45, 2.75) is 0 Å². The van der Waals surface area contributed by atoms with Gasteiger partial charge < -0.3 is 18.8 Å². The Morgan fingerprint density at radius 2 is 1.19 bits per heavy atom. The van der Waals surface area contributed by atoms with E-state index in [1.807, 2.05) is 0 Å². The first kappa shape index (κ1) is 21.0. The third-order valence-corrected chi connectivity index (χ3v) is 3.31. The van der Waals surface area contributed by atoms with Crippen LogP contribution in [0.5, 0.6) is 11.5 Å². The van der Waals surface area contributed by atoms with Gasteiger partial charge in [-0.2, -0.15) is 8.42 Å². The highest BCUT2D eigenvalue weighted by atomic mass is 32.2. The van der Waals surface area contributed by atoms with Gasteiger partial charge in [0.05, 0.1) is 31.6 Å². The first-order chi connectivity index (χ1) is 12.2. The molecule has 9 heteroatoms. The van der Waals surface area contributed by atoms with E-state index in [-0.39, 0.29) is 11.5 Å². The summed E-state index contributed by atoms with van der Waals surface area (Å²) in [6.45, 7) is 0. The number of carbonyl (C=O) groups is 2. The molecule has 0 aliphatic carbocycles. The van der Waals surface area contributed by atoms with Crippen molar-refractivity contribution in [3.63, 3.8) is 0 Å². The van der Waals surface area contributed by atoms with E-state index in [0.717, 1.165) is 6.26 Å². The maximum absolute atomic E-state index is 11.0. The van der Waals surface area contributed by atoms with Crippen molar-refractivity contribution in [3.05, 3.63) is 59.7 Å². The van der Waals surface area contributed by atoms with Gasteiger partial charge in [-0.25, -0.2) is 9.59 Å². The fraction of sp³-hybridized carbons (Fsp3) is 0.176. The molecule has 0 atom stereocenters. The van der Waals surface area contributed by atoms with Crippen LogP contribution in [0.25, 0.3) is 0 Å². The number of esters is 2. The van der Waals surface area contributed by atoms with Crippen LogP contribution in [0.4, 0.5) is 0 Å². The second kappa shape index (κ2) is 9.42. The van der Waals surface area contributed by atoms with Crippen molar-refractivity contribution >= 4 is 22.1 Å². The molecule has 2 aromatic carbocycles. The molecule has 2 aromatic rings. The molecule has 0 aliphatic heterocycles. The lowest BCUT2D eigenvalue weighted by Gasteiger charge is -2.03. The van der Waals surface area contributed by atoms with Crippen LogP contribution in [0.1, 0.15) is 20.7 Å². The Kier molecular flexibility index (Phi) is 7.60. The molecule has 0 aromatic heterocycles. The Labute approximate surface area is 151 Å². The smallest absolute Gasteiger partial charge is 0.337 e. The van der Waals surface area contributed by atoms with E-state index in [0.29, 0.717) is 11.1 Å². The van der Waals surface area contributed by atoms with Crippen LogP contribution < -0.4 is 4.18 Å². The number of methoxy groups -OCH3 is 2. The quantitative estimate of drug-likeness (QED) is 0.630.